The molecule has 4 heteroatoms. The number of benzene rings is 1. The summed E-state index contributed by atoms with van der Waals surface area (Å²) in [5.41, 5.74) is 1.01. The number of hydrogen-bond acceptors (Lipinski definition) is 2. The minimum Gasteiger partial charge on any atom is -0.478 e. The van der Waals surface area contributed by atoms with Gasteiger partial charge in [-0.05, 0) is 52.7 Å². The lowest BCUT2D eigenvalue weighted by molar-refractivity contribution is 0.0697. The van der Waals surface area contributed by atoms with Crippen molar-refractivity contribution < 1.29 is 9.90 Å². The highest BCUT2D eigenvalue weighted by atomic mass is 79.9. The summed E-state index contributed by atoms with van der Waals surface area (Å²) >= 11 is 3.28. The molecular formula is C13H16BrNO2. The van der Waals surface area contributed by atoms with Crippen molar-refractivity contribution >= 4 is 27.6 Å². The molecule has 92 valence electrons. The zero-order valence-corrected chi connectivity index (χ0v) is 11.3. The SMILES string of the molecule is CC(CNc1cccc(Br)c1C(=O)O)C1CC1. The fourth-order valence-corrected chi connectivity index (χ4v) is 2.53. The maximum atomic E-state index is 11.2. The molecule has 0 saturated heterocycles. The number of carboxylic acids is 1. The topological polar surface area (TPSA) is 49.3 Å². The predicted octanol–water partition coefficient (Wildman–Crippen LogP) is 3.61. The molecule has 0 aromatic heterocycles. The predicted molar refractivity (Wildman–Crippen MR) is 71.5 cm³/mol. The maximum absolute atomic E-state index is 11.2. The highest BCUT2D eigenvalue weighted by molar-refractivity contribution is 9.10. The third-order valence-corrected chi connectivity index (χ3v) is 3.93. The van der Waals surface area contributed by atoms with Gasteiger partial charge in [-0.25, -0.2) is 4.79 Å². The number of aromatic carboxylic acids is 1. The summed E-state index contributed by atoms with van der Waals surface area (Å²) in [5, 5.41) is 12.4. The van der Waals surface area contributed by atoms with E-state index in [2.05, 4.69) is 28.2 Å². The van der Waals surface area contributed by atoms with Gasteiger partial charge in [0.05, 0.1) is 5.56 Å². The second-order valence-corrected chi connectivity index (χ2v) is 5.52. The average Bonchev–Trinajstić information content (AvgIpc) is 3.08. The van der Waals surface area contributed by atoms with Gasteiger partial charge in [-0.1, -0.05) is 13.0 Å². The molecule has 3 nitrogen and oxygen atoms in total. The van der Waals surface area contributed by atoms with Gasteiger partial charge in [0.15, 0.2) is 0 Å². The van der Waals surface area contributed by atoms with E-state index in [-0.39, 0.29) is 0 Å². The van der Waals surface area contributed by atoms with Crippen LogP contribution in [0.5, 0.6) is 0 Å². The molecule has 17 heavy (non-hydrogen) atoms. The van der Waals surface area contributed by atoms with Gasteiger partial charge in [-0.3, -0.25) is 0 Å². The van der Waals surface area contributed by atoms with Crippen LogP contribution in [0.1, 0.15) is 30.1 Å². The molecule has 1 atom stereocenters. The van der Waals surface area contributed by atoms with Crippen LogP contribution < -0.4 is 5.32 Å². The van der Waals surface area contributed by atoms with Crippen LogP contribution >= 0.6 is 15.9 Å². The molecule has 1 aliphatic carbocycles. The van der Waals surface area contributed by atoms with Gasteiger partial charge >= 0.3 is 5.97 Å². The average molecular weight is 298 g/mol. The van der Waals surface area contributed by atoms with Gasteiger partial charge in [0.1, 0.15) is 0 Å². The van der Waals surface area contributed by atoms with Crippen LogP contribution in [-0.4, -0.2) is 17.6 Å². The van der Waals surface area contributed by atoms with Gasteiger partial charge in [0.25, 0.3) is 0 Å². The normalized spacial score (nSPS) is 16.6. The van der Waals surface area contributed by atoms with Crippen molar-refractivity contribution in [3.05, 3.63) is 28.2 Å². The van der Waals surface area contributed by atoms with Gasteiger partial charge < -0.3 is 10.4 Å². The minimum absolute atomic E-state index is 0.315. The summed E-state index contributed by atoms with van der Waals surface area (Å²) in [6, 6.07) is 5.41. The Morgan fingerprint density at radius 2 is 2.29 bits per heavy atom. The summed E-state index contributed by atoms with van der Waals surface area (Å²) in [7, 11) is 0. The van der Waals surface area contributed by atoms with E-state index in [1.807, 2.05) is 12.1 Å². The molecule has 2 N–H and O–H groups in total. The number of nitrogens with one attached hydrogen (secondary N) is 1. The Balaban J connectivity index is 2.08. The Morgan fingerprint density at radius 3 is 2.88 bits per heavy atom. The largest absolute Gasteiger partial charge is 0.478 e. The van der Waals surface area contributed by atoms with E-state index in [9.17, 15) is 4.79 Å². The van der Waals surface area contributed by atoms with Gasteiger partial charge in [0.2, 0.25) is 0 Å². The summed E-state index contributed by atoms with van der Waals surface area (Å²) < 4.78 is 0.620. The lowest BCUT2D eigenvalue weighted by atomic mass is 10.1. The summed E-state index contributed by atoms with van der Waals surface area (Å²) in [6.45, 7) is 3.05. The van der Waals surface area contributed by atoms with E-state index in [0.29, 0.717) is 21.6 Å². The first kappa shape index (κ1) is 12.4. The van der Waals surface area contributed by atoms with Crippen LogP contribution in [0.4, 0.5) is 5.69 Å². The van der Waals surface area contributed by atoms with E-state index >= 15 is 0 Å². The van der Waals surface area contributed by atoms with Crippen LogP contribution in [0.15, 0.2) is 22.7 Å². The second kappa shape index (κ2) is 5.08. The van der Waals surface area contributed by atoms with Crippen LogP contribution in [-0.2, 0) is 0 Å². The van der Waals surface area contributed by atoms with Crippen molar-refractivity contribution in [2.45, 2.75) is 19.8 Å². The number of rotatable bonds is 5. The number of anilines is 1. The number of hydrogen-bond donors (Lipinski definition) is 2. The first-order valence-electron chi connectivity index (χ1n) is 5.85. The third-order valence-electron chi connectivity index (χ3n) is 3.27. The van der Waals surface area contributed by atoms with Gasteiger partial charge in [0, 0.05) is 16.7 Å². The Bertz CT molecular complexity index is 429. The van der Waals surface area contributed by atoms with E-state index in [0.717, 1.165) is 12.5 Å². The van der Waals surface area contributed by atoms with Crippen molar-refractivity contribution in [2.75, 3.05) is 11.9 Å². The first-order valence-corrected chi connectivity index (χ1v) is 6.64. The second-order valence-electron chi connectivity index (χ2n) is 4.66. The molecule has 1 aromatic rings. The van der Waals surface area contributed by atoms with Crippen LogP contribution in [0, 0.1) is 11.8 Å². The van der Waals surface area contributed by atoms with Crippen LogP contribution in [0.25, 0.3) is 0 Å². The number of halogens is 1. The molecule has 1 aromatic carbocycles. The molecule has 0 amide bonds. The molecule has 1 aliphatic rings. The van der Waals surface area contributed by atoms with E-state index in [4.69, 9.17) is 5.11 Å². The van der Waals surface area contributed by atoms with Crippen LogP contribution in [0.2, 0.25) is 0 Å². The molecule has 1 unspecified atom stereocenters. The molecule has 0 aliphatic heterocycles. The maximum Gasteiger partial charge on any atom is 0.338 e. The quantitative estimate of drug-likeness (QED) is 0.873. The molecule has 0 spiro atoms. The molecule has 0 heterocycles. The zero-order chi connectivity index (χ0) is 12.4. The van der Waals surface area contributed by atoms with Crippen molar-refractivity contribution in [3.63, 3.8) is 0 Å². The molecule has 1 saturated carbocycles. The van der Waals surface area contributed by atoms with Crippen molar-refractivity contribution in [2.24, 2.45) is 11.8 Å². The Kier molecular flexibility index (Phi) is 3.72. The summed E-state index contributed by atoms with van der Waals surface area (Å²) in [6.07, 6.45) is 2.63. The van der Waals surface area contributed by atoms with Crippen molar-refractivity contribution in [1.82, 2.24) is 0 Å². The fourth-order valence-electron chi connectivity index (χ4n) is 1.99. The first-order chi connectivity index (χ1) is 8.09. The van der Waals surface area contributed by atoms with Gasteiger partial charge in [-0.2, -0.15) is 0 Å². The third kappa shape index (κ3) is 3.00. The summed E-state index contributed by atoms with van der Waals surface area (Å²) in [4.78, 5) is 11.2. The van der Waals surface area contributed by atoms with Crippen molar-refractivity contribution in [1.29, 1.82) is 0 Å². The monoisotopic (exact) mass is 297 g/mol. The van der Waals surface area contributed by atoms with Crippen molar-refractivity contribution in [3.8, 4) is 0 Å². The molecular weight excluding hydrogens is 282 g/mol. The van der Waals surface area contributed by atoms with E-state index < -0.39 is 5.97 Å². The molecule has 0 radical (unpaired) electrons. The Labute approximate surface area is 109 Å². The smallest absolute Gasteiger partial charge is 0.338 e. The molecule has 2 rings (SSSR count). The Hall–Kier alpha value is -1.03. The number of carbonyl (C=O) groups is 1. The Morgan fingerprint density at radius 1 is 1.59 bits per heavy atom. The standard InChI is InChI=1S/C13H16BrNO2/c1-8(9-5-6-9)7-15-11-4-2-3-10(14)12(11)13(16)17/h2-4,8-9,15H,5-7H2,1H3,(H,16,17). The highest BCUT2D eigenvalue weighted by Crippen LogP contribution is 2.36. The lowest BCUT2D eigenvalue weighted by Gasteiger charge is -2.15. The van der Waals surface area contributed by atoms with E-state index in [1.54, 1.807) is 6.07 Å². The molecule has 1 fully saturated rings. The van der Waals surface area contributed by atoms with E-state index in [1.165, 1.54) is 12.8 Å². The minimum atomic E-state index is -0.904. The lowest BCUT2D eigenvalue weighted by Crippen LogP contribution is -2.15. The summed E-state index contributed by atoms with van der Waals surface area (Å²) in [5.74, 6) is 0.526. The zero-order valence-electron chi connectivity index (χ0n) is 9.74. The number of carboxylic acid groups (broad SMARTS) is 1. The fraction of sp³-hybridized carbons (Fsp3) is 0.462. The molecule has 0 bridgehead atoms. The highest BCUT2D eigenvalue weighted by Gasteiger charge is 2.27. The van der Waals surface area contributed by atoms with Gasteiger partial charge in [-0.15, -0.1) is 0 Å². The van der Waals surface area contributed by atoms with Crippen LogP contribution in [0.3, 0.4) is 0 Å².